The third-order valence-electron chi connectivity index (χ3n) is 4.63. The molecule has 0 saturated carbocycles. The molecule has 0 bridgehead atoms. The Hall–Kier alpha value is -0.470. The average molecular weight is 275 g/mol. The van der Waals surface area contributed by atoms with E-state index in [2.05, 4.69) is 41.3 Å². The molecule has 0 unspecified atom stereocenters. The molecular formula is C17H25NS. The topological polar surface area (TPSA) is 12.0 Å². The molecule has 0 amide bonds. The molecule has 0 radical (unpaired) electrons. The van der Waals surface area contributed by atoms with Gasteiger partial charge in [0.15, 0.2) is 0 Å². The van der Waals surface area contributed by atoms with Crippen LogP contribution in [0.5, 0.6) is 0 Å². The van der Waals surface area contributed by atoms with E-state index in [1.165, 1.54) is 56.7 Å². The summed E-state index contributed by atoms with van der Waals surface area (Å²) in [6.45, 7) is 2.43. The van der Waals surface area contributed by atoms with E-state index < -0.39 is 0 Å². The zero-order chi connectivity index (χ0) is 12.9. The van der Waals surface area contributed by atoms with Gasteiger partial charge in [0.1, 0.15) is 0 Å². The highest BCUT2D eigenvalue weighted by atomic mass is 32.2. The van der Waals surface area contributed by atoms with Crippen LogP contribution < -0.4 is 5.32 Å². The zero-order valence-corrected chi connectivity index (χ0v) is 12.6. The Balaban J connectivity index is 1.64. The molecule has 2 aliphatic heterocycles. The molecule has 0 spiro atoms. The summed E-state index contributed by atoms with van der Waals surface area (Å²) in [5, 5.41) is 3.46. The number of benzene rings is 1. The van der Waals surface area contributed by atoms with Crippen LogP contribution in [0.25, 0.3) is 0 Å². The molecule has 1 N–H and O–H groups in total. The van der Waals surface area contributed by atoms with Crippen LogP contribution in [-0.2, 0) is 6.42 Å². The number of nitrogens with one attached hydrogen (secondary N) is 1. The summed E-state index contributed by atoms with van der Waals surface area (Å²) in [4.78, 5) is 0. The van der Waals surface area contributed by atoms with Gasteiger partial charge in [-0.15, -0.1) is 0 Å². The number of hydrogen-bond donors (Lipinski definition) is 1. The maximum Gasteiger partial charge on any atom is -0.00462 e. The van der Waals surface area contributed by atoms with Gasteiger partial charge in [0.2, 0.25) is 0 Å². The summed E-state index contributed by atoms with van der Waals surface area (Å²) < 4.78 is 0. The smallest absolute Gasteiger partial charge is 0.00462 e. The lowest BCUT2D eigenvalue weighted by atomic mass is 9.87. The van der Waals surface area contributed by atoms with E-state index in [9.17, 15) is 0 Å². The van der Waals surface area contributed by atoms with Crippen LogP contribution >= 0.6 is 11.8 Å². The first-order chi connectivity index (χ1) is 9.42. The molecule has 0 aromatic heterocycles. The van der Waals surface area contributed by atoms with E-state index in [1.54, 1.807) is 11.1 Å². The van der Waals surface area contributed by atoms with Gasteiger partial charge in [-0.25, -0.2) is 0 Å². The van der Waals surface area contributed by atoms with Gasteiger partial charge >= 0.3 is 0 Å². The quantitative estimate of drug-likeness (QED) is 0.899. The molecule has 2 aliphatic rings. The van der Waals surface area contributed by atoms with Crippen molar-refractivity contribution in [2.45, 2.75) is 38.0 Å². The minimum atomic E-state index is 0.828. The Morgan fingerprint density at radius 2 is 1.84 bits per heavy atom. The lowest BCUT2D eigenvalue weighted by Gasteiger charge is -2.24. The van der Waals surface area contributed by atoms with Gasteiger partial charge in [-0.05, 0) is 79.7 Å². The standard InChI is InChI=1S/C17H25NS/c1-2-15(12-14-4-8-18-9-5-14)13-17(3-1)16-6-10-19-11-7-16/h1-3,13-14,16,18H,4-12H2. The maximum atomic E-state index is 3.46. The third-order valence-corrected chi connectivity index (χ3v) is 5.68. The van der Waals surface area contributed by atoms with Crippen molar-refractivity contribution < 1.29 is 0 Å². The van der Waals surface area contributed by atoms with Crippen LogP contribution in [-0.4, -0.2) is 24.6 Å². The van der Waals surface area contributed by atoms with Gasteiger partial charge in [0.25, 0.3) is 0 Å². The van der Waals surface area contributed by atoms with Gasteiger partial charge in [-0.1, -0.05) is 24.3 Å². The Labute approximate surface area is 121 Å². The number of piperidine rings is 1. The molecule has 1 aromatic carbocycles. The van der Waals surface area contributed by atoms with Crippen LogP contribution in [0.1, 0.15) is 42.7 Å². The van der Waals surface area contributed by atoms with Crippen molar-refractivity contribution in [3.05, 3.63) is 35.4 Å². The SMILES string of the molecule is c1cc(CC2CCNCC2)cc(C2CCSCC2)c1. The second-order valence-corrected chi connectivity index (χ2v) is 7.25. The van der Waals surface area contributed by atoms with Crippen molar-refractivity contribution >= 4 is 11.8 Å². The normalized spacial score (nSPS) is 22.5. The maximum absolute atomic E-state index is 3.46. The van der Waals surface area contributed by atoms with Crippen molar-refractivity contribution in [3.63, 3.8) is 0 Å². The molecule has 19 heavy (non-hydrogen) atoms. The van der Waals surface area contributed by atoms with Crippen LogP contribution in [0.15, 0.2) is 24.3 Å². The predicted molar refractivity (Wildman–Crippen MR) is 85.0 cm³/mol. The van der Waals surface area contributed by atoms with Crippen LogP contribution in [0.2, 0.25) is 0 Å². The van der Waals surface area contributed by atoms with E-state index >= 15 is 0 Å². The second kappa shape index (κ2) is 6.81. The van der Waals surface area contributed by atoms with Gasteiger partial charge in [-0.3, -0.25) is 0 Å². The molecule has 2 fully saturated rings. The summed E-state index contributed by atoms with van der Waals surface area (Å²) in [7, 11) is 0. The first kappa shape index (κ1) is 13.5. The molecule has 2 saturated heterocycles. The highest BCUT2D eigenvalue weighted by molar-refractivity contribution is 7.99. The van der Waals surface area contributed by atoms with E-state index in [1.807, 2.05) is 0 Å². The highest BCUT2D eigenvalue weighted by Gasteiger charge is 2.17. The molecule has 1 aromatic rings. The molecule has 0 aliphatic carbocycles. The van der Waals surface area contributed by atoms with Gasteiger partial charge in [-0.2, -0.15) is 11.8 Å². The molecule has 1 nitrogen and oxygen atoms in total. The summed E-state index contributed by atoms with van der Waals surface area (Å²) >= 11 is 2.12. The van der Waals surface area contributed by atoms with E-state index in [0.29, 0.717) is 0 Å². The fourth-order valence-corrected chi connectivity index (χ4v) is 4.53. The minimum Gasteiger partial charge on any atom is -0.317 e. The van der Waals surface area contributed by atoms with E-state index in [4.69, 9.17) is 0 Å². The first-order valence-electron chi connectivity index (χ1n) is 7.79. The van der Waals surface area contributed by atoms with E-state index in [0.717, 1.165) is 11.8 Å². The number of hydrogen-bond acceptors (Lipinski definition) is 2. The van der Waals surface area contributed by atoms with Crippen molar-refractivity contribution in [3.8, 4) is 0 Å². The van der Waals surface area contributed by atoms with Crippen LogP contribution in [0.3, 0.4) is 0 Å². The van der Waals surface area contributed by atoms with Crippen molar-refractivity contribution in [1.29, 1.82) is 0 Å². The lowest BCUT2D eigenvalue weighted by Crippen LogP contribution is -2.28. The molecule has 0 atom stereocenters. The molecule has 104 valence electrons. The summed E-state index contributed by atoms with van der Waals surface area (Å²) in [5.41, 5.74) is 3.18. The third kappa shape index (κ3) is 3.76. The summed E-state index contributed by atoms with van der Waals surface area (Å²) in [5.74, 6) is 4.43. The average Bonchev–Trinajstić information content (AvgIpc) is 2.49. The van der Waals surface area contributed by atoms with Crippen LogP contribution in [0.4, 0.5) is 0 Å². The van der Waals surface area contributed by atoms with E-state index in [-0.39, 0.29) is 0 Å². The van der Waals surface area contributed by atoms with Crippen LogP contribution in [0, 0.1) is 5.92 Å². The second-order valence-electron chi connectivity index (χ2n) is 6.03. The van der Waals surface area contributed by atoms with Crippen molar-refractivity contribution in [2.24, 2.45) is 5.92 Å². The number of thioether (sulfide) groups is 1. The summed E-state index contributed by atoms with van der Waals surface area (Å²) in [6.07, 6.45) is 6.74. The Bertz CT molecular complexity index is 392. The van der Waals surface area contributed by atoms with Gasteiger partial charge in [0.05, 0.1) is 0 Å². The molecule has 2 heteroatoms. The molecule has 3 rings (SSSR count). The fourth-order valence-electron chi connectivity index (χ4n) is 3.42. The highest BCUT2D eigenvalue weighted by Crippen LogP contribution is 2.32. The lowest BCUT2D eigenvalue weighted by molar-refractivity contribution is 0.372. The molecular weight excluding hydrogens is 250 g/mol. The monoisotopic (exact) mass is 275 g/mol. The molecule has 2 heterocycles. The van der Waals surface area contributed by atoms with Gasteiger partial charge < -0.3 is 5.32 Å². The predicted octanol–water partition coefficient (Wildman–Crippen LogP) is 3.84. The Kier molecular flexibility index (Phi) is 4.84. The largest absolute Gasteiger partial charge is 0.317 e. The van der Waals surface area contributed by atoms with Crippen molar-refractivity contribution in [2.75, 3.05) is 24.6 Å². The zero-order valence-electron chi connectivity index (χ0n) is 11.7. The first-order valence-corrected chi connectivity index (χ1v) is 8.94. The number of rotatable bonds is 3. The Morgan fingerprint density at radius 1 is 1.05 bits per heavy atom. The fraction of sp³-hybridized carbons (Fsp3) is 0.647. The Morgan fingerprint density at radius 3 is 2.63 bits per heavy atom. The van der Waals surface area contributed by atoms with Gasteiger partial charge in [0, 0.05) is 0 Å². The minimum absolute atomic E-state index is 0.828. The van der Waals surface area contributed by atoms with Crippen molar-refractivity contribution in [1.82, 2.24) is 5.32 Å². The summed E-state index contributed by atoms with van der Waals surface area (Å²) in [6, 6.07) is 9.48.